The van der Waals surface area contributed by atoms with Crippen LogP contribution in [0.4, 0.5) is 21.7 Å². The minimum absolute atomic E-state index is 0.208. The fourth-order valence-electron chi connectivity index (χ4n) is 2.44. The van der Waals surface area contributed by atoms with Gasteiger partial charge in [0.25, 0.3) is 0 Å². The van der Waals surface area contributed by atoms with Gasteiger partial charge >= 0.3 is 0 Å². The number of nitrogens with zero attached hydrogens (tertiary/aromatic N) is 4. The van der Waals surface area contributed by atoms with Gasteiger partial charge in [0.15, 0.2) is 0 Å². The van der Waals surface area contributed by atoms with Gasteiger partial charge in [-0.2, -0.15) is 0 Å². The summed E-state index contributed by atoms with van der Waals surface area (Å²) in [5.74, 6) is 6.61. The summed E-state index contributed by atoms with van der Waals surface area (Å²) in [5, 5.41) is 0. The van der Waals surface area contributed by atoms with Crippen molar-refractivity contribution in [3.63, 3.8) is 0 Å². The third kappa shape index (κ3) is 3.03. The second-order valence-corrected chi connectivity index (χ2v) is 4.86. The first kappa shape index (κ1) is 13.6. The number of hydrogen-bond acceptors (Lipinski definition) is 6. The molecule has 2 aromatic rings. The van der Waals surface area contributed by atoms with E-state index in [2.05, 4.69) is 25.2 Å². The van der Waals surface area contributed by atoms with Gasteiger partial charge in [-0.3, -0.25) is 0 Å². The number of nitrogens with one attached hydrogen (secondary N) is 1. The Morgan fingerprint density at radius 3 is 2.33 bits per heavy atom. The van der Waals surface area contributed by atoms with Gasteiger partial charge in [-0.1, -0.05) is 0 Å². The quantitative estimate of drug-likeness (QED) is 0.654. The van der Waals surface area contributed by atoms with E-state index in [1.54, 1.807) is 0 Å². The molecule has 7 heteroatoms. The molecule has 2 heterocycles. The summed E-state index contributed by atoms with van der Waals surface area (Å²) in [6, 6.07) is 8.43. The molecule has 1 aromatic carbocycles. The largest absolute Gasteiger partial charge is 0.368 e. The predicted molar refractivity (Wildman–Crippen MR) is 80.7 cm³/mol. The Kier molecular flexibility index (Phi) is 3.83. The molecule has 0 radical (unpaired) electrons. The first-order chi connectivity index (χ1) is 10.3. The van der Waals surface area contributed by atoms with Gasteiger partial charge in [0, 0.05) is 37.9 Å². The Hall–Kier alpha value is -2.41. The SMILES string of the molecule is NNc1cc(N2CCN(c3ccc(F)cc3)CC2)ncn1. The van der Waals surface area contributed by atoms with Crippen LogP contribution in [0.25, 0.3) is 0 Å². The normalized spacial score (nSPS) is 15.1. The molecule has 0 atom stereocenters. The summed E-state index contributed by atoms with van der Waals surface area (Å²) in [5.41, 5.74) is 3.57. The molecule has 110 valence electrons. The average molecular weight is 288 g/mol. The molecule has 0 bridgehead atoms. The molecule has 1 fully saturated rings. The standard InChI is InChI=1S/C14H17FN6/c15-11-1-3-12(4-2-11)20-5-7-21(8-6-20)14-9-13(19-16)17-10-18-14/h1-4,9-10H,5-8,16H2,(H,17,18,19). The van der Waals surface area contributed by atoms with Gasteiger partial charge < -0.3 is 15.2 Å². The Balaban J connectivity index is 1.65. The van der Waals surface area contributed by atoms with Crippen molar-refractivity contribution < 1.29 is 4.39 Å². The van der Waals surface area contributed by atoms with E-state index in [-0.39, 0.29) is 5.82 Å². The van der Waals surface area contributed by atoms with Crippen molar-refractivity contribution >= 4 is 17.3 Å². The van der Waals surface area contributed by atoms with Crippen LogP contribution in [0.3, 0.4) is 0 Å². The molecule has 1 aromatic heterocycles. The van der Waals surface area contributed by atoms with Crippen LogP contribution in [0.2, 0.25) is 0 Å². The summed E-state index contributed by atoms with van der Waals surface area (Å²) >= 11 is 0. The minimum atomic E-state index is -0.208. The van der Waals surface area contributed by atoms with Crippen LogP contribution >= 0.6 is 0 Å². The summed E-state index contributed by atoms with van der Waals surface area (Å²) in [4.78, 5) is 12.7. The molecule has 3 rings (SSSR count). The van der Waals surface area contributed by atoms with E-state index in [4.69, 9.17) is 5.84 Å². The minimum Gasteiger partial charge on any atom is -0.368 e. The summed E-state index contributed by atoms with van der Waals surface area (Å²) in [7, 11) is 0. The molecule has 0 amide bonds. The van der Waals surface area contributed by atoms with E-state index in [0.29, 0.717) is 5.82 Å². The summed E-state index contributed by atoms with van der Waals surface area (Å²) in [6.07, 6.45) is 1.50. The molecule has 0 aliphatic carbocycles. The van der Waals surface area contributed by atoms with Gasteiger partial charge in [-0.25, -0.2) is 20.2 Å². The van der Waals surface area contributed by atoms with Gasteiger partial charge in [0.2, 0.25) is 0 Å². The molecule has 0 saturated carbocycles. The van der Waals surface area contributed by atoms with E-state index in [9.17, 15) is 4.39 Å². The summed E-state index contributed by atoms with van der Waals surface area (Å²) < 4.78 is 13.0. The third-order valence-corrected chi connectivity index (χ3v) is 3.60. The zero-order valence-corrected chi connectivity index (χ0v) is 11.5. The van der Waals surface area contributed by atoms with E-state index in [1.807, 2.05) is 18.2 Å². The first-order valence-corrected chi connectivity index (χ1v) is 6.80. The molecule has 1 aliphatic rings. The zero-order valence-electron chi connectivity index (χ0n) is 11.5. The fourth-order valence-corrected chi connectivity index (χ4v) is 2.44. The zero-order chi connectivity index (χ0) is 14.7. The molecule has 1 saturated heterocycles. The average Bonchev–Trinajstić information content (AvgIpc) is 2.56. The highest BCUT2D eigenvalue weighted by molar-refractivity contribution is 5.51. The molecular weight excluding hydrogens is 271 g/mol. The van der Waals surface area contributed by atoms with Gasteiger partial charge in [0.05, 0.1) is 0 Å². The highest BCUT2D eigenvalue weighted by Gasteiger charge is 2.18. The number of aromatic nitrogens is 2. The first-order valence-electron chi connectivity index (χ1n) is 6.80. The highest BCUT2D eigenvalue weighted by atomic mass is 19.1. The van der Waals surface area contributed by atoms with Crippen molar-refractivity contribution in [3.8, 4) is 0 Å². The lowest BCUT2D eigenvalue weighted by Crippen LogP contribution is -2.46. The number of anilines is 3. The van der Waals surface area contributed by atoms with Crippen LogP contribution in [-0.4, -0.2) is 36.1 Å². The Bertz CT molecular complexity index is 595. The van der Waals surface area contributed by atoms with Crippen molar-refractivity contribution in [2.24, 2.45) is 5.84 Å². The van der Waals surface area contributed by atoms with Crippen molar-refractivity contribution in [3.05, 3.63) is 42.5 Å². The molecular formula is C14H17FN6. The van der Waals surface area contributed by atoms with Crippen molar-refractivity contribution in [2.45, 2.75) is 0 Å². The number of benzene rings is 1. The molecule has 1 aliphatic heterocycles. The maximum atomic E-state index is 13.0. The number of hydrogen-bond donors (Lipinski definition) is 2. The topological polar surface area (TPSA) is 70.3 Å². The second-order valence-electron chi connectivity index (χ2n) is 4.86. The van der Waals surface area contributed by atoms with Gasteiger partial charge in [-0.15, -0.1) is 0 Å². The van der Waals surface area contributed by atoms with E-state index < -0.39 is 0 Å². The summed E-state index contributed by atoms with van der Waals surface area (Å²) in [6.45, 7) is 3.42. The van der Waals surface area contributed by atoms with Crippen LogP contribution < -0.4 is 21.1 Å². The van der Waals surface area contributed by atoms with Crippen LogP contribution in [-0.2, 0) is 0 Å². The molecule has 3 N–H and O–H groups in total. The van der Waals surface area contributed by atoms with Gasteiger partial charge in [-0.05, 0) is 24.3 Å². The highest BCUT2D eigenvalue weighted by Crippen LogP contribution is 2.20. The number of nitrogen functional groups attached to an aromatic ring is 1. The number of halogens is 1. The molecule has 0 unspecified atom stereocenters. The third-order valence-electron chi connectivity index (χ3n) is 3.60. The number of piperazine rings is 1. The van der Waals surface area contributed by atoms with Crippen molar-refractivity contribution in [2.75, 3.05) is 41.4 Å². The number of rotatable bonds is 3. The molecule has 21 heavy (non-hydrogen) atoms. The van der Waals surface area contributed by atoms with Crippen LogP contribution in [0, 0.1) is 5.82 Å². The fraction of sp³-hybridized carbons (Fsp3) is 0.286. The predicted octanol–water partition coefficient (Wildman–Crippen LogP) is 1.23. The molecule has 6 nitrogen and oxygen atoms in total. The van der Waals surface area contributed by atoms with Crippen LogP contribution in [0.15, 0.2) is 36.7 Å². The molecule has 0 spiro atoms. The monoisotopic (exact) mass is 288 g/mol. The van der Waals surface area contributed by atoms with Crippen LogP contribution in [0.1, 0.15) is 0 Å². The van der Waals surface area contributed by atoms with Crippen molar-refractivity contribution in [1.82, 2.24) is 9.97 Å². The van der Waals surface area contributed by atoms with E-state index >= 15 is 0 Å². The lowest BCUT2D eigenvalue weighted by Gasteiger charge is -2.36. The Morgan fingerprint density at radius 1 is 1.00 bits per heavy atom. The Labute approximate surface area is 122 Å². The number of nitrogens with two attached hydrogens (primary N) is 1. The maximum absolute atomic E-state index is 13.0. The van der Waals surface area contributed by atoms with E-state index in [1.165, 1.54) is 18.5 Å². The van der Waals surface area contributed by atoms with Crippen molar-refractivity contribution in [1.29, 1.82) is 0 Å². The van der Waals surface area contributed by atoms with Gasteiger partial charge in [0.1, 0.15) is 23.8 Å². The smallest absolute Gasteiger partial charge is 0.145 e. The Morgan fingerprint density at radius 2 is 1.67 bits per heavy atom. The van der Waals surface area contributed by atoms with Crippen LogP contribution in [0.5, 0.6) is 0 Å². The van der Waals surface area contributed by atoms with E-state index in [0.717, 1.165) is 37.7 Å². The lowest BCUT2D eigenvalue weighted by atomic mass is 10.2. The maximum Gasteiger partial charge on any atom is 0.145 e. The number of hydrazine groups is 1. The second kappa shape index (κ2) is 5.92. The lowest BCUT2D eigenvalue weighted by molar-refractivity contribution is 0.624.